The van der Waals surface area contributed by atoms with Crippen LogP contribution in [0.1, 0.15) is 58.3 Å². The van der Waals surface area contributed by atoms with E-state index in [2.05, 4.69) is 6.92 Å². The molecule has 4 heteroatoms. The van der Waals surface area contributed by atoms with Crippen molar-refractivity contribution in [3.8, 4) is 0 Å². The van der Waals surface area contributed by atoms with Crippen molar-refractivity contribution in [1.29, 1.82) is 0 Å². The van der Waals surface area contributed by atoms with Crippen LogP contribution >= 0.6 is 0 Å². The number of rotatable bonds is 1. The van der Waals surface area contributed by atoms with Crippen LogP contribution in [0.25, 0.3) is 0 Å². The number of carboxylic acids is 1. The van der Waals surface area contributed by atoms with E-state index in [1.54, 1.807) is 0 Å². The summed E-state index contributed by atoms with van der Waals surface area (Å²) in [5, 5.41) is 8.55. The van der Waals surface area contributed by atoms with Gasteiger partial charge in [-0.1, -0.05) is 25.7 Å². The molecule has 0 aromatic rings. The van der Waals surface area contributed by atoms with Gasteiger partial charge in [0.05, 0.1) is 0 Å². The zero-order chi connectivity index (χ0) is 12.2. The van der Waals surface area contributed by atoms with Gasteiger partial charge >= 0.3 is 5.97 Å². The second-order valence-corrected chi connectivity index (χ2v) is 5.53. The molecule has 2 fully saturated rings. The largest absolute Gasteiger partial charge is 0.480 e. The maximum absolute atomic E-state index is 10.4. The third-order valence-electron chi connectivity index (χ3n) is 3.67. The second-order valence-electron chi connectivity index (χ2n) is 5.53. The highest BCUT2D eigenvalue weighted by molar-refractivity contribution is 5.78. The monoisotopic (exact) mass is 228 g/mol. The smallest absolute Gasteiger partial charge is 0.323 e. The van der Waals surface area contributed by atoms with E-state index < -0.39 is 11.5 Å². The average Bonchev–Trinajstić information content (AvgIpc) is 2.76. The van der Waals surface area contributed by atoms with Gasteiger partial charge in [0.25, 0.3) is 0 Å². The molecule has 0 aliphatic heterocycles. The van der Waals surface area contributed by atoms with E-state index >= 15 is 0 Å². The van der Waals surface area contributed by atoms with E-state index in [-0.39, 0.29) is 5.54 Å². The van der Waals surface area contributed by atoms with Crippen LogP contribution in [-0.4, -0.2) is 22.2 Å². The highest BCUT2D eigenvalue weighted by Crippen LogP contribution is 2.27. The lowest BCUT2D eigenvalue weighted by atomic mass is 10.0. The van der Waals surface area contributed by atoms with E-state index in [0.29, 0.717) is 12.8 Å². The van der Waals surface area contributed by atoms with Crippen LogP contribution in [0.15, 0.2) is 0 Å². The quantitative estimate of drug-likeness (QED) is 0.636. The van der Waals surface area contributed by atoms with E-state index in [4.69, 9.17) is 16.6 Å². The molecule has 0 heterocycles. The zero-order valence-electron chi connectivity index (χ0n) is 10.2. The van der Waals surface area contributed by atoms with Gasteiger partial charge in [-0.25, -0.2) is 0 Å². The predicted octanol–water partition coefficient (Wildman–Crippen LogP) is 1.62. The molecule has 0 aromatic carbocycles. The standard InChI is InChI=1S/C6H11NO2.C6H13N/c7-6(5(8)9)3-1-2-4-6;1-6(7)4-2-3-5-6/h1-4,7H2,(H,8,9);2-5,7H2,1H3. The molecule has 2 rings (SSSR count). The number of hydrogen-bond acceptors (Lipinski definition) is 3. The lowest BCUT2D eigenvalue weighted by Gasteiger charge is -2.15. The summed E-state index contributed by atoms with van der Waals surface area (Å²) in [6.07, 6.45) is 8.34. The van der Waals surface area contributed by atoms with Crippen molar-refractivity contribution in [3.63, 3.8) is 0 Å². The number of aliphatic carboxylic acids is 1. The van der Waals surface area contributed by atoms with Crippen LogP contribution in [-0.2, 0) is 4.79 Å². The molecule has 4 nitrogen and oxygen atoms in total. The van der Waals surface area contributed by atoms with Crippen LogP contribution in [0, 0.1) is 0 Å². The molecule has 0 bridgehead atoms. The molecule has 0 unspecified atom stereocenters. The van der Waals surface area contributed by atoms with Crippen molar-refractivity contribution in [2.24, 2.45) is 11.5 Å². The first-order valence-corrected chi connectivity index (χ1v) is 6.17. The number of hydrogen-bond donors (Lipinski definition) is 3. The molecule has 0 spiro atoms. The van der Waals surface area contributed by atoms with Crippen LogP contribution in [0.2, 0.25) is 0 Å². The Kier molecular flexibility index (Phi) is 4.33. The van der Waals surface area contributed by atoms with Gasteiger partial charge in [0, 0.05) is 5.54 Å². The minimum absolute atomic E-state index is 0.194. The summed E-state index contributed by atoms with van der Waals surface area (Å²) in [4.78, 5) is 10.4. The normalized spacial score (nSPS) is 25.9. The molecule has 0 amide bonds. The van der Waals surface area contributed by atoms with Crippen LogP contribution in [0.5, 0.6) is 0 Å². The number of nitrogens with two attached hydrogens (primary N) is 2. The molecule has 2 saturated carbocycles. The third-order valence-corrected chi connectivity index (χ3v) is 3.67. The highest BCUT2D eigenvalue weighted by Gasteiger charge is 2.36. The summed E-state index contributed by atoms with van der Waals surface area (Å²) in [5.41, 5.74) is 10.6. The van der Waals surface area contributed by atoms with Crippen molar-refractivity contribution in [3.05, 3.63) is 0 Å². The summed E-state index contributed by atoms with van der Waals surface area (Å²) >= 11 is 0. The lowest BCUT2D eigenvalue weighted by molar-refractivity contribution is -0.143. The second kappa shape index (κ2) is 5.15. The molecular weight excluding hydrogens is 204 g/mol. The van der Waals surface area contributed by atoms with Gasteiger partial charge in [0.1, 0.15) is 5.54 Å². The Balaban J connectivity index is 0.000000165. The third kappa shape index (κ3) is 3.76. The van der Waals surface area contributed by atoms with E-state index in [0.717, 1.165) is 12.8 Å². The molecule has 0 radical (unpaired) electrons. The van der Waals surface area contributed by atoms with Gasteiger partial charge in [-0.15, -0.1) is 0 Å². The minimum atomic E-state index is -0.889. The summed E-state index contributed by atoms with van der Waals surface area (Å²) < 4.78 is 0. The maximum Gasteiger partial charge on any atom is 0.323 e. The molecule has 0 saturated heterocycles. The Morgan fingerprint density at radius 1 is 1.00 bits per heavy atom. The molecule has 5 N–H and O–H groups in total. The van der Waals surface area contributed by atoms with Gasteiger partial charge < -0.3 is 16.6 Å². The SMILES string of the molecule is CC1(N)CCCC1.NC1(C(=O)O)CCCC1. The Labute approximate surface area is 97.4 Å². The molecule has 94 valence electrons. The first-order chi connectivity index (χ1) is 7.36. The van der Waals surface area contributed by atoms with Gasteiger partial charge in [-0.05, 0) is 32.6 Å². The first-order valence-electron chi connectivity index (χ1n) is 6.17. The average molecular weight is 228 g/mol. The topological polar surface area (TPSA) is 89.3 Å². The summed E-state index contributed by atoms with van der Waals surface area (Å²) in [6, 6.07) is 0. The van der Waals surface area contributed by atoms with E-state index in [1.807, 2.05) is 0 Å². The Bertz CT molecular complexity index is 237. The van der Waals surface area contributed by atoms with Crippen LogP contribution in [0.4, 0.5) is 0 Å². The minimum Gasteiger partial charge on any atom is -0.480 e. The molecule has 16 heavy (non-hydrogen) atoms. The van der Waals surface area contributed by atoms with Crippen molar-refractivity contribution < 1.29 is 9.90 Å². The fourth-order valence-electron chi connectivity index (χ4n) is 2.40. The van der Waals surface area contributed by atoms with Crippen LogP contribution < -0.4 is 11.5 Å². The Morgan fingerprint density at radius 3 is 1.56 bits per heavy atom. The number of carboxylic acid groups (broad SMARTS) is 1. The van der Waals surface area contributed by atoms with Crippen molar-refractivity contribution in [2.75, 3.05) is 0 Å². The fourth-order valence-corrected chi connectivity index (χ4v) is 2.40. The van der Waals surface area contributed by atoms with Crippen molar-refractivity contribution >= 4 is 5.97 Å². The molecular formula is C12H24N2O2. The predicted molar refractivity (Wildman–Crippen MR) is 64.1 cm³/mol. The van der Waals surface area contributed by atoms with Crippen LogP contribution in [0.3, 0.4) is 0 Å². The van der Waals surface area contributed by atoms with Gasteiger partial charge in [0.2, 0.25) is 0 Å². The Morgan fingerprint density at radius 2 is 1.38 bits per heavy atom. The first kappa shape index (κ1) is 13.5. The summed E-state index contributed by atoms with van der Waals surface area (Å²) in [7, 11) is 0. The maximum atomic E-state index is 10.4. The van der Waals surface area contributed by atoms with E-state index in [1.165, 1.54) is 25.7 Å². The van der Waals surface area contributed by atoms with Crippen molar-refractivity contribution in [1.82, 2.24) is 0 Å². The van der Waals surface area contributed by atoms with E-state index in [9.17, 15) is 4.79 Å². The molecule has 2 aliphatic carbocycles. The molecule has 0 atom stereocenters. The Hall–Kier alpha value is -0.610. The summed E-state index contributed by atoms with van der Waals surface area (Å²) in [6.45, 7) is 2.14. The van der Waals surface area contributed by atoms with Gasteiger partial charge in [0.15, 0.2) is 0 Å². The summed E-state index contributed by atoms with van der Waals surface area (Å²) in [5.74, 6) is -0.847. The number of carbonyl (C=O) groups is 1. The highest BCUT2D eigenvalue weighted by atomic mass is 16.4. The lowest BCUT2D eigenvalue weighted by Crippen LogP contribution is -2.44. The molecule has 0 aromatic heterocycles. The van der Waals surface area contributed by atoms with Crippen molar-refractivity contribution in [2.45, 2.75) is 69.4 Å². The van der Waals surface area contributed by atoms with Gasteiger partial charge in [-0.3, -0.25) is 4.79 Å². The van der Waals surface area contributed by atoms with Gasteiger partial charge in [-0.2, -0.15) is 0 Å². The zero-order valence-corrected chi connectivity index (χ0v) is 10.2. The molecule has 2 aliphatic rings. The fraction of sp³-hybridized carbons (Fsp3) is 0.917.